The highest BCUT2D eigenvalue weighted by Gasteiger charge is 2.14. The Morgan fingerprint density at radius 3 is 2.70 bits per heavy atom. The van der Waals surface area contributed by atoms with Gasteiger partial charge in [-0.25, -0.2) is 0 Å². The number of rotatable bonds is 6. The topological polar surface area (TPSA) is 71.3 Å². The second-order valence-electron chi connectivity index (χ2n) is 4.69. The third-order valence-electron chi connectivity index (χ3n) is 2.71. The Labute approximate surface area is 117 Å². The van der Waals surface area contributed by atoms with Crippen LogP contribution in [0, 0.1) is 0 Å². The number of carbonyl (C=O) groups is 1. The average Bonchev–Trinajstić information content (AvgIpc) is 2.94. The normalized spacial score (nSPS) is 10.8. The van der Waals surface area contributed by atoms with E-state index in [-0.39, 0.29) is 11.8 Å². The molecule has 0 fully saturated rings. The molecule has 0 atom stereocenters. The Balaban J connectivity index is 1.90. The molecular formula is C14H18N4O2. The molecule has 0 saturated heterocycles. The molecule has 6 nitrogen and oxygen atoms in total. The first-order valence-electron chi connectivity index (χ1n) is 6.48. The zero-order valence-electron chi connectivity index (χ0n) is 11.7. The SMILES string of the molecule is CN(C)CCCNC(=O)c1nnc(-c2ccccc2)o1. The highest BCUT2D eigenvalue weighted by molar-refractivity contribution is 5.89. The van der Waals surface area contributed by atoms with Gasteiger partial charge in [0.1, 0.15) is 0 Å². The summed E-state index contributed by atoms with van der Waals surface area (Å²) in [4.78, 5) is 13.9. The van der Waals surface area contributed by atoms with E-state index >= 15 is 0 Å². The molecular weight excluding hydrogens is 256 g/mol. The van der Waals surface area contributed by atoms with E-state index in [1.54, 1.807) is 0 Å². The Kier molecular flexibility index (Phi) is 4.84. The van der Waals surface area contributed by atoms with Gasteiger partial charge in [0.25, 0.3) is 0 Å². The fourth-order valence-corrected chi connectivity index (χ4v) is 1.69. The van der Waals surface area contributed by atoms with Crippen molar-refractivity contribution in [3.8, 4) is 11.5 Å². The molecule has 0 spiro atoms. The van der Waals surface area contributed by atoms with Gasteiger partial charge in [-0.1, -0.05) is 18.2 Å². The van der Waals surface area contributed by atoms with E-state index in [0.29, 0.717) is 12.4 Å². The first kappa shape index (κ1) is 14.2. The van der Waals surface area contributed by atoms with Crippen LogP contribution in [0.2, 0.25) is 0 Å². The zero-order chi connectivity index (χ0) is 14.4. The van der Waals surface area contributed by atoms with Gasteiger partial charge >= 0.3 is 11.8 Å². The average molecular weight is 274 g/mol. The molecule has 1 N–H and O–H groups in total. The summed E-state index contributed by atoms with van der Waals surface area (Å²) in [5, 5.41) is 10.4. The molecule has 0 unspecified atom stereocenters. The van der Waals surface area contributed by atoms with Crippen LogP contribution in [0.25, 0.3) is 11.5 Å². The lowest BCUT2D eigenvalue weighted by Crippen LogP contribution is -2.27. The summed E-state index contributed by atoms with van der Waals surface area (Å²) < 4.78 is 5.36. The van der Waals surface area contributed by atoms with E-state index in [2.05, 4.69) is 20.4 Å². The van der Waals surface area contributed by atoms with Gasteiger partial charge in [0.05, 0.1) is 0 Å². The summed E-state index contributed by atoms with van der Waals surface area (Å²) in [7, 11) is 3.98. The number of hydrogen-bond donors (Lipinski definition) is 1. The predicted molar refractivity (Wildman–Crippen MR) is 75.2 cm³/mol. The number of aromatic nitrogens is 2. The van der Waals surface area contributed by atoms with Crippen LogP contribution in [-0.2, 0) is 0 Å². The summed E-state index contributed by atoms with van der Waals surface area (Å²) >= 11 is 0. The molecule has 1 aromatic heterocycles. The van der Waals surface area contributed by atoms with E-state index < -0.39 is 0 Å². The maximum atomic E-state index is 11.8. The van der Waals surface area contributed by atoms with E-state index in [0.717, 1.165) is 18.5 Å². The van der Waals surface area contributed by atoms with Crippen LogP contribution in [0.4, 0.5) is 0 Å². The monoisotopic (exact) mass is 274 g/mol. The fraction of sp³-hybridized carbons (Fsp3) is 0.357. The van der Waals surface area contributed by atoms with Crippen LogP contribution in [0.3, 0.4) is 0 Å². The highest BCUT2D eigenvalue weighted by atomic mass is 16.4. The lowest BCUT2D eigenvalue weighted by Gasteiger charge is -2.08. The largest absolute Gasteiger partial charge is 0.412 e. The van der Waals surface area contributed by atoms with Gasteiger partial charge in [0.15, 0.2) is 0 Å². The lowest BCUT2D eigenvalue weighted by atomic mass is 10.2. The van der Waals surface area contributed by atoms with Crippen LogP contribution >= 0.6 is 0 Å². The first-order valence-corrected chi connectivity index (χ1v) is 6.48. The summed E-state index contributed by atoms with van der Waals surface area (Å²) in [5.41, 5.74) is 0.798. The predicted octanol–water partition coefficient (Wildman–Crippen LogP) is 1.42. The van der Waals surface area contributed by atoms with Gasteiger partial charge in [0, 0.05) is 12.1 Å². The Morgan fingerprint density at radius 2 is 2.00 bits per heavy atom. The maximum Gasteiger partial charge on any atom is 0.308 e. The number of nitrogens with zero attached hydrogens (tertiary/aromatic N) is 3. The molecule has 1 aromatic carbocycles. The quantitative estimate of drug-likeness (QED) is 0.807. The number of amides is 1. The lowest BCUT2D eigenvalue weighted by molar-refractivity contribution is 0.0918. The van der Waals surface area contributed by atoms with Crippen molar-refractivity contribution >= 4 is 5.91 Å². The molecule has 1 heterocycles. The molecule has 20 heavy (non-hydrogen) atoms. The number of hydrogen-bond acceptors (Lipinski definition) is 5. The molecule has 106 valence electrons. The Hall–Kier alpha value is -2.21. The van der Waals surface area contributed by atoms with Gasteiger partial charge in [-0.2, -0.15) is 0 Å². The van der Waals surface area contributed by atoms with Crippen LogP contribution < -0.4 is 5.32 Å². The van der Waals surface area contributed by atoms with Crippen LogP contribution in [0.5, 0.6) is 0 Å². The van der Waals surface area contributed by atoms with Crippen molar-refractivity contribution in [1.82, 2.24) is 20.4 Å². The van der Waals surface area contributed by atoms with Crippen LogP contribution in [0.1, 0.15) is 17.1 Å². The summed E-state index contributed by atoms with van der Waals surface area (Å²) in [6.07, 6.45) is 0.873. The fourth-order valence-electron chi connectivity index (χ4n) is 1.69. The first-order chi connectivity index (χ1) is 9.66. The minimum absolute atomic E-state index is 0.00583. The molecule has 1 amide bonds. The number of carbonyl (C=O) groups excluding carboxylic acids is 1. The maximum absolute atomic E-state index is 11.8. The summed E-state index contributed by atoms with van der Waals surface area (Å²) in [6.45, 7) is 1.50. The standard InChI is InChI=1S/C14H18N4O2/c1-18(2)10-6-9-15-12(19)14-17-16-13(20-14)11-7-4-3-5-8-11/h3-5,7-8H,6,9-10H2,1-2H3,(H,15,19). The van der Waals surface area contributed by atoms with Gasteiger partial charge < -0.3 is 14.6 Å². The zero-order valence-corrected chi connectivity index (χ0v) is 11.7. The molecule has 0 bridgehead atoms. The van der Waals surface area contributed by atoms with Crippen molar-refractivity contribution in [3.05, 3.63) is 36.2 Å². The van der Waals surface area contributed by atoms with E-state index in [9.17, 15) is 4.79 Å². The van der Waals surface area contributed by atoms with Crippen molar-refractivity contribution in [2.75, 3.05) is 27.2 Å². The van der Waals surface area contributed by atoms with Crippen molar-refractivity contribution in [3.63, 3.8) is 0 Å². The number of benzene rings is 1. The molecule has 0 radical (unpaired) electrons. The van der Waals surface area contributed by atoms with Gasteiger partial charge in [-0.05, 0) is 39.2 Å². The van der Waals surface area contributed by atoms with Gasteiger partial charge in [-0.3, -0.25) is 4.79 Å². The molecule has 2 rings (SSSR count). The molecule has 0 saturated carbocycles. The van der Waals surface area contributed by atoms with Crippen molar-refractivity contribution in [2.24, 2.45) is 0 Å². The third-order valence-corrected chi connectivity index (χ3v) is 2.71. The van der Waals surface area contributed by atoms with Crippen LogP contribution in [-0.4, -0.2) is 48.2 Å². The van der Waals surface area contributed by atoms with Gasteiger partial charge in [0.2, 0.25) is 5.89 Å². The van der Waals surface area contributed by atoms with Crippen molar-refractivity contribution in [2.45, 2.75) is 6.42 Å². The third kappa shape index (κ3) is 3.89. The minimum atomic E-state index is -0.335. The van der Waals surface area contributed by atoms with E-state index in [1.807, 2.05) is 44.4 Å². The van der Waals surface area contributed by atoms with Crippen molar-refractivity contribution < 1.29 is 9.21 Å². The molecule has 6 heteroatoms. The number of nitrogens with one attached hydrogen (secondary N) is 1. The highest BCUT2D eigenvalue weighted by Crippen LogP contribution is 2.16. The van der Waals surface area contributed by atoms with Crippen LogP contribution in [0.15, 0.2) is 34.7 Å². The molecule has 0 aliphatic carbocycles. The summed E-state index contributed by atoms with van der Waals surface area (Å²) in [5.74, 6) is 0.0104. The molecule has 0 aliphatic heterocycles. The Bertz CT molecular complexity index is 551. The smallest absolute Gasteiger partial charge is 0.308 e. The molecule has 2 aromatic rings. The van der Waals surface area contributed by atoms with E-state index in [4.69, 9.17) is 4.42 Å². The van der Waals surface area contributed by atoms with Gasteiger partial charge in [-0.15, -0.1) is 10.2 Å². The minimum Gasteiger partial charge on any atom is -0.412 e. The second kappa shape index (κ2) is 6.81. The van der Waals surface area contributed by atoms with E-state index in [1.165, 1.54) is 0 Å². The molecule has 0 aliphatic rings. The Morgan fingerprint density at radius 1 is 1.25 bits per heavy atom. The van der Waals surface area contributed by atoms with Crippen molar-refractivity contribution in [1.29, 1.82) is 0 Å². The second-order valence-corrected chi connectivity index (χ2v) is 4.69. The summed E-state index contributed by atoms with van der Waals surface area (Å²) in [6, 6.07) is 9.36.